The molecule has 0 unspecified atom stereocenters. The predicted octanol–water partition coefficient (Wildman–Crippen LogP) is 2.24. The molecule has 112 valence electrons. The van der Waals surface area contributed by atoms with E-state index in [9.17, 15) is 4.79 Å². The molecule has 6 nitrogen and oxygen atoms in total. The second-order valence-electron chi connectivity index (χ2n) is 5.62. The van der Waals surface area contributed by atoms with Crippen molar-refractivity contribution < 1.29 is 4.79 Å². The van der Waals surface area contributed by atoms with E-state index in [2.05, 4.69) is 15.2 Å². The first-order valence-electron chi connectivity index (χ1n) is 7.54. The minimum atomic E-state index is 0.101. The number of H-pyrrole nitrogens is 1. The number of carbonyl (C=O) groups is 1. The van der Waals surface area contributed by atoms with Crippen molar-refractivity contribution in [3.63, 3.8) is 0 Å². The lowest BCUT2D eigenvalue weighted by molar-refractivity contribution is 0.0686. The summed E-state index contributed by atoms with van der Waals surface area (Å²) in [6, 6.07) is 8.20. The van der Waals surface area contributed by atoms with Crippen molar-refractivity contribution in [1.82, 2.24) is 24.9 Å². The minimum absolute atomic E-state index is 0.101. The van der Waals surface area contributed by atoms with Crippen LogP contribution in [0.4, 0.5) is 0 Å². The van der Waals surface area contributed by atoms with Gasteiger partial charge in [0.25, 0.3) is 5.91 Å². The molecule has 6 heteroatoms. The van der Waals surface area contributed by atoms with Gasteiger partial charge >= 0.3 is 0 Å². The quantitative estimate of drug-likeness (QED) is 0.788. The number of carbonyl (C=O) groups excluding carboxylic acids is 1. The first-order chi connectivity index (χ1) is 10.8. The second kappa shape index (κ2) is 5.29. The first-order valence-corrected chi connectivity index (χ1v) is 7.54. The Kier molecular flexibility index (Phi) is 3.14. The number of piperidine rings is 1. The van der Waals surface area contributed by atoms with Gasteiger partial charge in [-0.1, -0.05) is 18.2 Å². The zero-order valence-corrected chi connectivity index (χ0v) is 12.1. The van der Waals surface area contributed by atoms with E-state index >= 15 is 0 Å². The molecule has 0 bridgehead atoms. The number of nitrogens with one attached hydrogen (secondary N) is 1. The summed E-state index contributed by atoms with van der Waals surface area (Å²) in [5.41, 5.74) is 1.76. The molecule has 1 N–H and O–H groups in total. The van der Waals surface area contributed by atoms with Crippen molar-refractivity contribution in [1.29, 1.82) is 0 Å². The van der Waals surface area contributed by atoms with Crippen LogP contribution in [0.15, 0.2) is 42.9 Å². The maximum Gasteiger partial charge on any atom is 0.256 e. The van der Waals surface area contributed by atoms with E-state index in [-0.39, 0.29) is 5.91 Å². The lowest BCUT2D eigenvalue weighted by Crippen LogP contribution is -2.39. The second-order valence-corrected chi connectivity index (χ2v) is 5.62. The number of fused-ring (bicyclic) bond motifs is 1. The zero-order valence-electron chi connectivity index (χ0n) is 12.1. The molecule has 0 atom stereocenters. The molecule has 3 heterocycles. The van der Waals surface area contributed by atoms with Crippen LogP contribution in [0.1, 0.15) is 29.2 Å². The minimum Gasteiger partial charge on any atom is -0.360 e. The highest BCUT2D eigenvalue weighted by Gasteiger charge is 2.26. The Morgan fingerprint density at radius 3 is 2.64 bits per heavy atom. The summed E-state index contributed by atoms with van der Waals surface area (Å²) in [6.45, 7) is 1.48. The summed E-state index contributed by atoms with van der Waals surface area (Å²) in [5, 5.41) is 9.38. The van der Waals surface area contributed by atoms with E-state index in [0.717, 1.165) is 42.4 Å². The molecule has 0 saturated carbocycles. The Hall–Kier alpha value is -2.63. The molecule has 0 aliphatic carbocycles. The van der Waals surface area contributed by atoms with Crippen molar-refractivity contribution in [3.05, 3.63) is 48.4 Å². The average Bonchev–Trinajstić information content (AvgIpc) is 3.24. The van der Waals surface area contributed by atoms with Gasteiger partial charge in [-0.2, -0.15) is 15.0 Å². The van der Waals surface area contributed by atoms with Gasteiger partial charge < -0.3 is 9.88 Å². The van der Waals surface area contributed by atoms with E-state index in [1.807, 2.05) is 35.4 Å². The lowest BCUT2D eigenvalue weighted by atomic mass is 10.0. The van der Waals surface area contributed by atoms with Gasteiger partial charge in [-0.15, -0.1) is 0 Å². The first kappa shape index (κ1) is 13.1. The van der Waals surface area contributed by atoms with Crippen molar-refractivity contribution in [2.24, 2.45) is 0 Å². The molecule has 1 amide bonds. The van der Waals surface area contributed by atoms with E-state index in [1.165, 1.54) is 0 Å². The van der Waals surface area contributed by atoms with E-state index in [0.29, 0.717) is 6.04 Å². The summed E-state index contributed by atoms with van der Waals surface area (Å²) in [4.78, 5) is 19.6. The molecule has 0 radical (unpaired) electrons. The Morgan fingerprint density at radius 2 is 1.86 bits per heavy atom. The van der Waals surface area contributed by atoms with Crippen LogP contribution in [0.25, 0.3) is 10.9 Å². The summed E-state index contributed by atoms with van der Waals surface area (Å²) in [6.07, 6.45) is 6.99. The van der Waals surface area contributed by atoms with Crippen LogP contribution in [-0.2, 0) is 0 Å². The van der Waals surface area contributed by atoms with Crippen LogP contribution in [0, 0.1) is 0 Å². The fraction of sp³-hybridized carbons (Fsp3) is 0.312. The normalized spacial score (nSPS) is 16.3. The highest BCUT2D eigenvalue weighted by atomic mass is 16.2. The molecule has 1 saturated heterocycles. The Morgan fingerprint density at radius 1 is 1.14 bits per heavy atom. The molecule has 4 rings (SSSR count). The fourth-order valence-electron chi connectivity index (χ4n) is 3.13. The van der Waals surface area contributed by atoms with Gasteiger partial charge in [-0.05, 0) is 18.9 Å². The third-order valence-corrected chi connectivity index (χ3v) is 4.33. The monoisotopic (exact) mass is 295 g/mol. The molecular formula is C16H17N5O. The van der Waals surface area contributed by atoms with Gasteiger partial charge in [-0.25, -0.2) is 0 Å². The van der Waals surface area contributed by atoms with Crippen molar-refractivity contribution in [3.8, 4) is 0 Å². The summed E-state index contributed by atoms with van der Waals surface area (Å²) in [5.74, 6) is 0.101. The predicted molar refractivity (Wildman–Crippen MR) is 82.5 cm³/mol. The average molecular weight is 295 g/mol. The Labute approximate surface area is 127 Å². The third kappa shape index (κ3) is 2.16. The lowest BCUT2D eigenvalue weighted by Gasteiger charge is -2.31. The third-order valence-electron chi connectivity index (χ3n) is 4.33. The fourth-order valence-corrected chi connectivity index (χ4v) is 3.13. The van der Waals surface area contributed by atoms with Crippen LogP contribution in [0.3, 0.4) is 0 Å². The standard InChI is InChI=1S/C16H17N5O/c22-16(14-11-17-15-4-2-1-3-13(14)15)20-9-5-12(6-10-20)21-18-7-8-19-21/h1-4,7-8,11-12,17H,5-6,9-10H2. The number of aromatic nitrogens is 4. The van der Waals surface area contributed by atoms with Crippen molar-refractivity contribution in [2.75, 3.05) is 13.1 Å². The van der Waals surface area contributed by atoms with E-state index in [4.69, 9.17) is 0 Å². The summed E-state index contributed by atoms with van der Waals surface area (Å²) < 4.78 is 0. The highest BCUT2D eigenvalue weighted by molar-refractivity contribution is 6.06. The smallest absolute Gasteiger partial charge is 0.256 e. The largest absolute Gasteiger partial charge is 0.360 e. The number of rotatable bonds is 2. The van der Waals surface area contributed by atoms with Crippen molar-refractivity contribution in [2.45, 2.75) is 18.9 Å². The van der Waals surface area contributed by atoms with Crippen LogP contribution in [-0.4, -0.2) is 43.9 Å². The number of amides is 1. The number of nitrogens with zero attached hydrogens (tertiary/aromatic N) is 4. The van der Waals surface area contributed by atoms with Gasteiger partial charge in [0.1, 0.15) is 0 Å². The number of benzene rings is 1. The highest BCUT2D eigenvalue weighted by Crippen LogP contribution is 2.24. The number of likely N-dealkylation sites (tertiary alicyclic amines) is 1. The van der Waals surface area contributed by atoms with Crippen LogP contribution < -0.4 is 0 Å². The Balaban J connectivity index is 1.50. The van der Waals surface area contributed by atoms with Gasteiger partial charge in [-0.3, -0.25) is 4.79 Å². The number of hydrogen-bond acceptors (Lipinski definition) is 3. The molecule has 1 aromatic carbocycles. The molecule has 3 aromatic rings. The van der Waals surface area contributed by atoms with Gasteiger partial charge in [0, 0.05) is 30.2 Å². The SMILES string of the molecule is O=C(c1c[nH]c2ccccc12)N1CCC(n2nccn2)CC1. The van der Waals surface area contributed by atoms with Crippen molar-refractivity contribution >= 4 is 16.8 Å². The summed E-state index contributed by atoms with van der Waals surface area (Å²) in [7, 11) is 0. The van der Waals surface area contributed by atoms with Crippen LogP contribution >= 0.6 is 0 Å². The van der Waals surface area contributed by atoms with Gasteiger partial charge in [0.2, 0.25) is 0 Å². The molecule has 1 aliphatic heterocycles. The molecule has 1 fully saturated rings. The summed E-state index contributed by atoms with van der Waals surface area (Å²) >= 11 is 0. The van der Waals surface area contributed by atoms with Crippen LogP contribution in [0.5, 0.6) is 0 Å². The topological polar surface area (TPSA) is 66.8 Å². The number of aromatic amines is 1. The Bertz CT molecular complexity index is 784. The van der Waals surface area contributed by atoms with E-state index in [1.54, 1.807) is 17.2 Å². The van der Waals surface area contributed by atoms with Gasteiger partial charge in [0.15, 0.2) is 0 Å². The number of hydrogen-bond donors (Lipinski definition) is 1. The molecule has 22 heavy (non-hydrogen) atoms. The van der Waals surface area contributed by atoms with Crippen LogP contribution in [0.2, 0.25) is 0 Å². The zero-order chi connectivity index (χ0) is 14.9. The molecular weight excluding hydrogens is 278 g/mol. The number of para-hydroxylation sites is 1. The molecule has 0 spiro atoms. The van der Waals surface area contributed by atoms with E-state index < -0.39 is 0 Å². The maximum absolute atomic E-state index is 12.7. The molecule has 2 aromatic heterocycles. The molecule has 1 aliphatic rings. The maximum atomic E-state index is 12.7. The van der Waals surface area contributed by atoms with Gasteiger partial charge in [0.05, 0.1) is 24.0 Å².